The summed E-state index contributed by atoms with van der Waals surface area (Å²) in [6.07, 6.45) is 2.24. The molecule has 108 valence electrons. The Morgan fingerprint density at radius 2 is 2.16 bits per heavy atom. The van der Waals surface area contributed by atoms with Gasteiger partial charge in [0.25, 0.3) is 10.0 Å². The molecular weight excluding hydrogens is 290 g/mol. The first-order valence-corrected chi connectivity index (χ1v) is 8.17. The van der Waals surface area contributed by atoms with Gasteiger partial charge in [0.1, 0.15) is 4.21 Å². The highest BCUT2D eigenvalue weighted by molar-refractivity contribution is 7.91. The summed E-state index contributed by atoms with van der Waals surface area (Å²) in [5, 5.41) is 10.6. The van der Waals surface area contributed by atoms with Crippen LogP contribution in [0.25, 0.3) is 0 Å². The van der Waals surface area contributed by atoms with Crippen LogP contribution in [0.4, 0.5) is 10.7 Å². The number of nitrogen functional groups attached to an aromatic ring is 1. The highest BCUT2D eigenvalue weighted by Crippen LogP contribution is 2.34. The summed E-state index contributed by atoms with van der Waals surface area (Å²) < 4.78 is 26.6. The van der Waals surface area contributed by atoms with Gasteiger partial charge in [0, 0.05) is 12.1 Å². The van der Waals surface area contributed by atoms with E-state index < -0.39 is 14.9 Å². The van der Waals surface area contributed by atoms with Crippen molar-refractivity contribution in [2.24, 2.45) is 0 Å². The molecule has 7 nitrogen and oxygen atoms in total. The van der Waals surface area contributed by atoms with E-state index in [-0.39, 0.29) is 20.9 Å². The van der Waals surface area contributed by atoms with Crippen molar-refractivity contribution in [1.82, 2.24) is 4.72 Å². The molecule has 1 rings (SSSR count). The maximum atomic E-state index is 12.1. The van der Waals surface area contributed by atoms with Crippen LogP contribution in [-0.2, 0) is 10.0 Å². The number of nitrogens with two attached hydrogens (primary N) is 1. The van der Waals surface area contributed by atoms with Gasteiger partial charge >= 0.3 is 5.69 Å². The molecule has 0 spiro atoms. The predicted molar refractivity (Wildman–Crippen MR) is 74.7 cm³/mol. The molecule has 1 atom stereocenters. The molecule has 3 N–H and O–H groups in total. The minimum atomic E-state index is -3.74. The number of anilines is 1. The van der Waals surface area contributed by atoms with Crippen molar-refractivity contribution < 1.29 is 13.3 Å². The molecule has 1 unspecified atom stereocenters. The Bertz CT molecular complexity index is 553. The molecule has 0 aliphatic rings. The van der Waals surface area contributed by atoms with Crippen LogP contribution >= 0.6 is 11.3 Å². The lowest BCUT2D eigenvalue weighted by Crippen LogP contribution is -2.33. The van der Waals surface area contributed by atoms with Crippen molar-refractivity contribution in [3.63, 3.8) is 0 Å². The molecule has 9 heteroatoms. The molecule has 0 aliphatic heterocycles. The number of nitro groups is 1. The predicted octanol–water partition coefficient (Wildman–Crippen LogP) is 2.10. The van der Waals surface area contributed by atoms with Gasteiger partial charge in [-0.15, -0.1) is 0 Å². The van der Waals surface area contributed by atoms with Crippen molar-refractivity contribution in [1.29, 1.82) is 0 Å². The maximum absolute atomic E-state index is 12.1. The molecule has 1 heterocycles. The molecule has 1 aromatic heterocycles. The third kappa shape index (κ3) is 3.88. The first-order chi connectivity index (χ1) is 8.81. The molecule has 0 saturated carbocycles. The third-order valence-electron chi connectivity index (χ3n) is 2.63. The fourth-order valence-electron chi connectivity index (χ4n) is 1.62. The second kappa shape index (κ2) is 6.31. The highest BCUT2D eigenvalue weighted by Gasteiger charge is 2.26. The van der Waals surface area contributed by atoms with Crippen LogP contribution in [0.2, 0.25) is 0 Å². The van der Waals surface area contributed by atoms with E-state index >= 15 is 0 Å². The van der Waals surface area contributed by atoms with Gasteiger partial charge in [-0.2, -0.15) is 0 Å². The van der Waals surface area contributed by atoms with Gasteiger partial charge in [-0.1, -0.05) is 31.6 Å². The lowest BCUT2D eigenvalue weighted by atomic mass is 10.1. The summed E-state index contributed by atoms with van der Waals surface area (Å²) >= 11 is 0.706. The van der Waals surface area contributed by atoms with Crippen LogP contribution in [0.15, 0.2) is 10.3 Å². The Hall–Kier alpha value is -1.19. The number of nitrogens with zero attached hydrogens (tertiary/aromatic N) is 1. The summed E-state index contributed by atoms with van der Waals surface area (Å²) in [6, 6.07) is 0.832. The minimum Gasteiger partial charge on any atom is -0.385 e. The molecule has 1 aromatic rings. The van der Waals surface area contributed by atoms with Crippen LogP contribution in [0.1, 0.15) is 33.1 Å². The van der Waals surface area contributed by atoms with E-state index in [1.54, 1.807) is 0 Å². The quantitative estimate of drug-likeness (QED) is 0.591. The second-order valence-electron chi connectivity index (χ2n) is 4.09. The van der Waals surface area contributed by atoms with Crippen molar-refractivity contribution in [3.8, 4) is 0 Å². The highest BCUT2D eigenvalue weighted by atomic mass is 32.2. The van der Waals surface area contributed by atoms with Gasteiger partial charge in [-0.3, -0.25) is 10.1 Å². The summed E-state index contributed by atoms with van der Waals surface area (Å²) in [5.74, 6) is 0. The van der Waals surface area contributed by atoms with Gasteiger partial charge in [-0.25, -0.2) is 13.1 Å². The monoisotopic (exact) mass is 307 g/mol. The normalized spacial score (nSPS) is 13.4. The molecule has 0 fully saturated rings. The molecular formula is C10H17N3O4S2. The fraction of sp³-hybridized carbons (Fsp3) is 0.600. The number of nitrogens with one attached hydrogen (secondary N) is 1. The minimum absolute atomic E-state index is 0.103. The smallest absolute Gasteiger partial charge is 0.304 e. The van der Waals surface area contributed by atoms with E-state index in [0.717, 1.165) is 18.9 Å². The molecule has 0 saturated heterocycles. The maximum Gasteiger partial charge on any atom is 0.304 e. The van der Waals surface area contributed by atoms with E-state index in [1.165, 1.54) is 0 Å². The van der Waals surface area contributed by atoms with Gasteiger partial charge < -0.3 is 5.73 Å². The molecule has 0 bridgehead atoms. The first kappa shape index (κ1) is 15.9. The van der Waals surface area contributed by atoms with E-state index in [0.29, 0.717) is 17.8 Å². The van der Waals surface area contributed by atoms with Crippen molar-refractivity contribution >= 4 is 32.0 Å². The number of rotatable bonds is 7. The lowest BCUT2D eigenvalue weighted by Gasteiger charge is -2.14. The van der Waals surface area contributed by atoms with E-state index in [4.69, 9.17) is 5.73 Å². The average Bonchev–Trinajstić information content (AvgIpc) is 2.71. The molecule has 0 radical (unpaired) electrons. The van der Waals surface area contributed by atoms with Crippen LogP contribution in [0.5, 0.6) is 0 Å². The van der Waals surface area contributed by atoms with Crippen molar-refractivity contribution in [3.05, 3.63) is 16.2 Å². The summed E-state index contributed by atoms with van der Waals surface area (Å²) in [4.78, 5) is 9.97. The lowest BCUT2D eigenvalue weighted by molar-refractivity contribution is -0.383. The molecule has 0 aliphatic carbocycles. The van der Waals surface area contributed by atoms with Crippen molar-refractivity contribution in [2.45, 2.75) is 43.4 Å². The average molecular weight is 307 g/mol. The van der Waals surface area contributed by atoms with E-state index in [2.05, 4.69) is 4.72 Å². The summed E-state index contributed by atoms with van der Waals surface area (Å²) in [7, 11) is -3.74. The standard InChI is InChI=1S/C10H17N3O4S2/c1-3-5-7(4-2)12-19(16,17)9-6-8(13(14)15)10(11)18-9/h6-7,12H,3-5,11H2,1-2H3. The number of thiophene rings is 1. The Morgan fingerprint density at radius 1 is 1.53 bits per heavy atom. The molecule has 0 aromatic carbocycles. The fourth-order valence-corrected chi connectivity index (χ4v) is 4.20. The van der Waals surface area contributed by atoms with Crippen LogP contribution in [0.3, 0.4) is 0 Å². The number of hydrogen-bond acceptors (Lipinski definition) is 6. The Kier molecular flexibility index (Phi) is 5.27. The van der Waals surface area contributed by atoms with Gasteiger partial charge in [0.2, 0.25) is 0 Å². The summed E-state index contributed by atoms with van der Waals surface area (Å²) in [5.41, 5.74) is 5.08. The molecule has 0 amide bonds. The van der Waals surface area contributed by atoms with E-state index in [1.807, 2.05) is 13.8 Å². The van der Waals surface area contributed by atoms with Crippen molar-refractivity contribution in [2.75, 3.05) is 5.73 Å². The van der Waals surface area contributed by atoms with Gasteiger partial charge in [0.05, 0.1) is 4.92 Å². The zero-order valence-corrected chi connectivity index (χ0v) is 12.4. The van der Waals surface area contributed by atoms with Gasteiger partial charge in [0.15, 0.2) is 5.00 Å². The Morgan fingerprint density at radius 3 is 2.58 bits per heavy atom. The largest absolute Gasteiger partial charge is 0.385 e. The zero-order chi connectivity index (χ0) is 14.6. The molecule has 19 heavy (non-hydrogen) atoms. The Labute approximate surface area is 116 Å². The van der Waals surface area contributed by atoms with Crippen LogP contribution in [-0.4, -0.2) is 19.4 Å². The van der Waals surface area contributed by atoms with Gasteiger partial charge in [-0.05, 0) is 12.8 Å². The number of sulfonamides is 1. The SMILES string of the molecule is CCCC(CC)NS(=O)(=O)c1cc([N+](=O)[O-])c(N)s1. The third-order valence-corrected chi connectivity index (χ3v) is 5.58. The van der Waals surface area contributed by atoms with Crippen LogP contribution in [0, 0.1) is 10.1 Å². The Balaban J connectivity index is 3.00. The zero-order valence-electron chi connectivity index (χ0n) is 10.8. The summed E-state index contributed by atoms with van der Waals surface area (Å²) in [6.45, 7) is 3.85. The van der Waals surface area contributed by atoms with Crippen LogP contribution < -0.4 is 10.5 Å². The topological polar surface area (TPSA) is 115 Å². The van der Waals surface area contributed by atoms with E-state index in [9.17, 15) is 18.5 Å². The number of hydrogen-bond donors (Lipinski definition) is 2. The first-order valence-electron chi connectivity index (χ1n) is 5.87. The second-order valence-corrected chi connectivity index (χ2v) is 7.11.